The number of methoxy groups -OCH3 is 1. The Bertz CT molecular complexity index is 379. The molecule has 0 aromatic heterocycles. The van der Waals surface area contributed by atoms with Crippen molar-refractivity contribution >= 4 is 11.8 Å². The molecule has 0 amide bonds. The van der Waals surface area contributed by atoms with Crippen molar-refractivity contribution in [2.24, 2.45) is 0 Å². The minimum atomic E-state index is 0.456. The lowest BCUT2D eigenvalue weighted by Gasteiger charge is -2.33. The Morgan fingerprint density at radius 1 is 1.37 bits per heavy atom. The maximum atomic E-state index is 5.23. The average Bonchev–Trinajstić information content (AvgIpc) is 2.47. The summed E-state index contributed by atoms with van der Waals surface area (Å²) in [6.07, 6.45) is 3.77. The van der Waals surface area contributed by atoms with Crippen LogP contribution in [0.4, 0.5) is 0 Å². The van der Waals surface area contributed by atoms with Crippen LogP contribution in [0.25, 0.3) is 0 Å². The molecule has 3 unspecified atom stereocenters. The monoisotopic (exact) mass is 279 g/mol. The van der Waals surface area contributed by atoms with E-state index in [-0.39, 0.29) is 0 Å². The number of hydrogen-bond acceptors (Lipinski definition) is 3. The Balaban J connectivity index is 2.01. The van der Waals surface area contributed by atoms with Gasteiger partial charge in [-0.25, -0.2) is 0 Å². The number of nitrogens with one attached hydrogen (secondary N) is 1. The Hall–Kier alpha value is -0.670. The van der Waals surface area contributed by atoms with E-state index in [1.807, 2.05) is 0 Å². The molecule has 106 valence electrons. The molecule has 2 rings (SSSR count). The van der Waals surface area contributed by atoms with Gasteiger partial charge in [-0.2, -0.15) is 11.8 Å². The van der Waals surface area contributed by atoms with Gasteiger partial charge in [0.25, 0.3) is 0 Å². The van der Waals surface area contributed by atoms with Crippen LogP contribution in [-0.4, -0.2) is 24.2 Å². The third kappa shape index (κ3) is 3.90. The third-order valence-corrected chi connectivity index (χ3v) is 5.33. The van der Waals surface area contributed by atoms with Crippen LogP contribution in [-0.2, 0) is 0 Å². The second-order valence-electron chi connectivity index (χ2n) is 5.23. The Labute approximate surface area is 121 Å². The summed E-state index contributed by atoms with van der Waals surface area (Å²) in [7, 11) is 1.71. The molecule has 0 spiro atoms. The maximum Gasteiger partial charge on any atom is 0.118 e. The van der Waals surface area contributed by atoms with Gasteiger partial charge in [0.15, 0.2) is 0 Å². The lowest BCUT2D eigenvalue weighted by molar-refractivity contribution is 0.393. The molecule has 1 aliphatic heterocycles. The molecule has 0 saturated carbocycles. The van der Waals surface area contributed by atoms with Crippen molar-refractivity contribution in [2.75, 3.05) is 12.9 Å². The molecule has 0 bridgehead atoms. The van der Waals surface area contributed by atoms with Crippen LogP contribution in [0.1, 0.15) is 44.7 Å². The smallest absolute Gasteiger partial charge is 0.118 e. The molecule has 1 saturated heterocycles. The lowest BCUT2D eigenvalue weighted by atomic mass is 10.0. The van der Waals surface area contributed by atoms with E-state index < -0.39 is 0 Å². The van der Waals surface area contributed by atoms with E-state index in [0.29, 0.717) is 12.1 Å². The predicted molar refractivity (Wildman–Crippen MR) is 84.1 cm³/mol. The van der Waals surface area contributed by atoms with E-state index in [0.717, 1.165) is 17.4 Å². The quantitative estimate of drug-likeness (QED) is 0.879. The molecular weight excluding hydrogens is 254 g/mol. The van der Waals surface area contributed by atoms with Gasteiger partial charge in [-0.3, -0.25) is 0 Å². The van der Waals surface area contributed by atoms with Crippen molar-refractivity contribution in [2.45, 2.75) is 50.4 Å². The molecule has 1 fully saturated rings. The summed E-state index contributed by atoms with van der Waals surface area (Å²) < 4.78 is 5.23. The van der Waals surface area contributed by atoms with Crippen LogP contribution < -0.4 is 10.1 Å². The summed E-state index contributed by atoms with van der Waals surface area (Å²) in [4.78, 5) is 0. The predicted octanol–water partition coefficient (Wildman–Crippen LogP) is 4.02. The molecule has 3 atom stereocenters. The van der Waals surface area contributed by atoms with Crippen LogP contribution in [0.15, 0.2) is 24.3 Å². The van der Waals surface area contributed by atoms with Gasteiger partial charge in [0.1, 0.15) is 5.75 Å². The van der Waals surface area contributed by atoms with E-state index >= 15 is 0 Å². The van der Waals surface area contributed by atoms with Gasteiger partial charge >= 0.3 is 0 Å². The summed E-state index contributed by atoms with van der Waals surface area (Å²) >= 11 is 2.10. The first-order valence-electron chi connectivity index (χ1n) is 7.26. The highest BCUT2D eigenvalue weighted by molar-refractivity contribution is 7.99. The number of thioether (sulfide) groups is 1. The van der Waals surface area contributed by atoms with Gasteiger partial charge in [0.2, 0.25) is 0 Å². The zero-order valence-corrected chi connectivity index (χ0v) is 13.0. The average molecular weight is 279 g/mol. The second-order valence-corrected chi connectivity index (χ2v) is 6.71. The molecule has 1 aromatic rings. The maximum absolute atomic E-state index is 5.23. The highest BCUT2D eigenvalue weighted by atomic mass is 32.2. The zero-order chi connectivity index (χ0) is 13.7. The normalized spacial score (nSPS) is 25.0. The van der Waals surface area contributed by atoms with E-state index in [2.05, 4.69) is 55.2 Å². The first kappa shape index (κ1) is 14.7. The number of rotatable bonds is 5. The standard InChI is InChI=1S/C16H25NOS/c1-4-15(13-7-9-14(18-3)10-8-13)17-16-6-5-11-19-12(16)2/h7-10,12,15-17H,4-6,11H2,1-3H3. The highest BCUT2D eigenvalue weighted by Crippen LogP contribution is 2.28. The highest BCUT2D eigenvalue weighted by Gasteiger charge is 2.24. The van der Waals surface area contributed by atoms with Crippen LogP contribution in [0, 0.1) is 0 Å². The van der Waals surface area contributed by atoms with Gasteiger partial charge in [0, 0.05) is 17.3 Å². The summed E-state index contributed by atoms with van der Waals surface area (Å²) in [5.41, 5.74) is 1.37. The first-order valence-corrected chi connectivity index (χ1v) is 8.31. The molecule has 1 heterocycles. The molecule has 1 N–H and O–H groups in total. The van der Waals surface area contributed by atoms with Gasteiger partial charge in [0.05, 0.1) is 7.11 Å². The number of hydrogen-bond donors (Lipinski definition) is 1. The van der Waals surface area contributed by atoms with Gasteiger partial charge in [-0.1, -0.05) is 26.0 Å². The van der Waals surface area contributed by atoms with Crippen LogP contribution in [0.5, 0.6) is 5.75 Å². The van der Waals surface area contributed by atoms with Crippen molar-refractivity contribution in [3.8, 4) is 5.75 Å². The minimum absolute atomic E-state index is 0.456. The summed E-state index contributed by atoms with van der Waals surface area (Å²) in [6, 6.07) is 9.57. The van der Waals surface area contributed by atoms with Gasteiger partial charge in [-0.05, 0) is 42.7 Å². The summed E-state index contributed by atoms with van der Waals surface area (Å²) in [6.45, 7) is 4.60. The fraction of sp³-hybridized carbons (Fsp3) is 0.625. The molecule has 19 heavy (non-hydrogen) atoms. The molecule has 2 nitrogen and oxygen atoms in total. The molecule has 3 heteroatoms. The van der Waals surface area contributed by atoms with Crippen LogP contribution in [0.2, 0.25) is 0 Å². The number of benzene rings is 1. The van der Waals surface area contributed by atoms with Gasteiger partial charge in [-0.15, -0.1) is 0 Å². The largest absolute Gasteiger partial charge is 0.497 e. The first-order chi connectivity index (χ1) is 9.24. The van der Waals surface area contributed by atoms with E-state index in [1.54, 1.807) is 7.11 Å². The summed E-state index contributed by atoms with van der Waals surface area (Å²) in [5, 5.41) is 4.57. The molecule has 1 aliphatic rings. The van der Waals surface area contributed by atoms with Crippen molar-refractivity contribution in [1.82, 2.24) is 5.32 Å². The SMILES string of the molecule is CCC(NC1CCCSC1C)c1ccc(OC)cc1. The Kier molecular flexibility index (Phi) is 5.59. The van der Waals surface area contributed by atoms with Crippen LogP contribution in [0.3, 0.4) is 0 Å². The minimum Gasteiger partial charge on any atom is -0.497 e. The van der Waals surface area contributed by atoms with Gasteiger partial charge < -0.3 is 10.1 Å². The Morgan fingerprint density at radius 3 is 2.68 bits per heavy atom. The van der Waals surface area contributed by atoms with Crippen LogP contribution >= 0.6 is 11.8 Å². The van der Waals surface area contributed by atoms with Crippen molar-refractivity contribution in [1.29, 1.82) is 0 Å². The van der Waals surface area contributed by atoms with E-state index in [4.69, 9.17) is 4.74 Å². The van der Waals surface area contributed by atoms with E-state index in [1.165, 1.54) is 24.2 Å². The molecule has 0 aliphatic carbocycles. The van der Waals surface area contributed by atoms with Crippen molar-refractivity contribution in [3.63, 3.8) is 0 Å². The fourth-order valence-electron chi connectivity index (χ4n) is 2.69. The zero-order valence-electron chi connectivity index (χ0n) is 12.2. The van der Waals surface area contributed by atoms with Crippen molar-refractivity contribution < 1.29 is 4.74 Å². The number of ether oxygens (including phenoxy) is 1. The topological polar surface area (TPSA) is 21.3 Å². The third-order valence-electron chi connectivity index (χ3n) is 3.95. The fourth-order valence-corrected chi connectivity index (χ4v) is 3.84. The molecular formula is C16H25NOS. The summed E-state index contributed by atoms with van der Waals surface area (Å²) in [5.74, 6) is 2.25. The molecule has 0 radical (unpaired) electrons. The van der Waals surface area contributed by atoms with Crippen molar-refractivity contribution in [3.05, 3.63) is 29.8 Å². The lowest BCUT2D eigenvalue weighted by Crippen LogP contribution is -2.41. The van der Waals surface area contributed by atoms with E-state index in [9.17, 15) is 0 Å². The second kappa shape index (κ2) is 7.20. The molecule has 1 aromatic carbocycles. The Morgan fingerprint density at radius 2 is 2.11 bits per heavy atom.